The summed E-state index contributed by atoms with van der Waals surface area (Å²) in [5.74, 6) is 1.75. The van der Waals surface area contributed by atoms with Crippen LogP contribution in [0.2, 0.25) is 0 Å². The van der Waals surface area contributed by atoms with E-state index in [2.05, 4.69) is 39.7 Å². The van der Waals surface area contributed by atoms with Crippen LogP contribution in [0.15, 0.2) is 36.7 Å². The summed E-state index contributed by atoms with van der Waals surface area (Å²) >= 11 is 0. The summed E-state index contributed by atoms with van der Waals surface area (Å²) in [6, 6.07) is 8.84. The molecule has 180 valence electrons. The largest absolute Gasteiger partial charge is 0.465 e. The molecule has 0 spiro atoms. The lowest BCUT2D eigenvalue weighted by molar-refractivity contribution is 0.116. The number of rotatable bonds is 6. The second-order valence-corrected chi connectivity index (χ2v) is 9.95. The van der Waals surface area contributed by atoms with Gasteiger partial charge in [-0.2, -0.15) is 10.1 Å². The van der Waals surface area contributed by atoms with Gasteiger partial charge in [0.25, 0.3) is 0 Å². The van der Waals surface area contributed by atoms with Crippen LogP contribution in [0, 0.1) is 5.92 Å². The lowest BCUT2D eigenvalue weighted by atomic mass is 9.84. The number of hydrogen-bond acceptors (Lipinski definition) is 5. The van der Waals surface area contributed by atoms with Crippen LogP contribution < -0.4 is 5.32 Å². The summed E-state index contributed by atoms with van der Waals surface area (Å²) in [4.78, 5) is 21.9. The average Bonchev–Trinajstić information content (AvgIpc) is 3.27. The molecule has 8 heteroatoms. The van der Waals surface area contributed by atoms with Crippen molar-refractivity contribution in [3.8, 4) is 0 Å². The van der Waals surface area contributed by atoms with E-state index in [0.29, 0.717) is 17.8 Å². The number of hydrogen-bond donors (Lipinski definition) is 2. The summed E-state index contributed by atoms with van der Waals surface area (Å²) in [5.41, 5.74) is 3.26. The SMILES string of the molecule is CN(C(=O)O)C1CCC(Cn2ncc3cnc(Nc4ccc(C5CCCCC5)cc4)nc32)CC1. The number of aromatic nitrogens is 4. The minimum absolute atomic E-state index is 0.116. The highest BCUT2D eigenvalue weighted by Gasteiger charge is 2.27. The van der Waals surface area contributed by atoms with Crippen LogP contribution in [0.4, 0.5) is 16.4 Å². The molecule has 2 aromatic heterocycles. The maximum atomic E-state index is 11.2. The van der Waals surface area contributed by atoms with Crippen molar-refractivity contribution in [2.45, 2.75) is 76.3 Å². The van der Waals surface area contributed by atoms with Gasteiger partial charge in [0.15, 0.2) is 5.65 Å². The number of amides is 1. The van der Waals surface area contributed by atoms with Crippen molar-refractivity contribution >= 4 is 28.8 Å². The fourth-order valence-electron chi connectivity index (χ4n) is 5.58. The molecule has 8 nitrogen and oxygen atoms in total. The Balaban J connectivity index is 1.23. The monoisotopic (exact) mass is 462 g/mol. The smallest absolute Gasteiger partial charge is 0.407 e. The molecule has 2 saturated carbocycles. The molecule has 2 aliphatic carbocycles. The summed E-state index contributed by atoms with van der Waals surface area (Å²) in [6.45, 7) is 0.791. The summed E-state index contributed by atoms with van der Waals surface area (Å²) in [7, 11) is 1.67. The molecule has 2 aliphatic rings. The van der Waals surface area contributed by atoms with Crippen molar-refractivity contribution in [2.75, 3.05) is 12.4 Å². The second-order valence-electron chi connectivity index (χ2n) is 9.95. The number of anilines is 2. The minimum Gasteiger partial charge on any atom is -0.465 e. The van der Waals surface area contributed by atoms with Crippen molar-refractivity contribution in [3.63, 3.8) is 0 Å². The first kappa shape index (κ1) is 22.6. The van der Waals surface area contributed by atoms with E-state index in [4.69, 9.17) is 4.98 Å². The number of benzene rings is 1. The molecule has 0 aliphatic heterocycles. The predicted molar refractivity (Wildman–Crippen MR) is 132 cm³/mol. The fraction of sp³-hybridized carbons (Fsp3) is 0.538. The van der Waals surface area contributed by atoms with Crippen LogP contribution >= 0.6 is 0 Å². The van der Waals surface area contributed by atoms with E-state index in [1.807, 2.05) is 17.1 Å². The number of carbonyl (C=O) groups is 1. The minimum atomic E-state index is -0.845. The van der Waals surface area contributed by atoms with Crippen molar-refractivity contribution in [1.82, 2.24) is 24.6 Å². The molecule has 2 fully saturated rings. The topological polar surface area (TPSA) is 96.2 Å². The first-order valence-electron chi connectivity index (χ1n) is 12.6. The zero-order valence-electron chi connectivity index (χ0n) is 19.9. The van der Waals surface area contributed by atoms with Crippen LogP contribution in [0.1, 0.15) is 69.3 Å². The summed E-state index contributed by atoms with van der Waals surface area (Å²) < 4.78 is 1.97. The average molecular weight is 463 g/mol. The molecule has 2 N–H and O–H groups in total. The van der Waals surface area contributed by atoms with Gasteiger partial charge < -0.3 is 15.3 Å². The number of carboxylic acid groups (broad SMARTS) is 1. The standard InChI is InChI=1S/C26H34N6O2/c1-31(26(33)34)23-13-7-18(8-14-23)17-32-24-21(16-28-32)15-27-25(30-24)29-22-11-9-20(10-12-22)19-5-3-2-4-6-19/h9-12,15-16,18-19,23H,2-8,13-14,17H2,1H3,(H,33,34)(H,27,29,30). The van der Waals surface area contributed by atoms with Gasteiger partial charge in [-0.05, 0) is 68.1 Å². The van der Waals surface area contributed by atoms with Crippen LogP contribution in [0.25, 0.3) is 11.0 Å². The summed E-state index contributed by atoms with van der Waals surface area (Å²) in [6.07, 6.45) is 13.2. The first-order valence-corrected chi connectivity index (χ1v) is 12.6. The van der Waals surface area contributed by atoms with Gasteiger partial charge in [-0.15, -0.1) is 0 Å². The van der Waals surface area contributed by atoms with E-state index in [9.17, 15) is 9.90 Å². The molecule has 0 radical (unpaired) electrons. The van der Waals surface area contributed by atoms with Gasteiger partial charge in [0.2, 0.25) is 5.95 Å². The highest BCUT2D eigenvalue weighted by Crippen LogP contribution is 2.33. The number of nitrogens with one attached hydrogen (secondary N) is 1. The molecule has 34 heavy (non-hydrogen) atoms. The zero-order chi connectivity index (χ0) is 23.5. The molecule has 0 unspecified atom stereocenters. The highest BCUT2D eigenvalue weighted by atomic mass is 16.4. The van der Waals surface area contributed by atoms with Crippen LogP contribution in [0.3, 0.4) is 0 Å². The first-order chi connectivity index (χ1) is 16.6. The van der Waals surface area contributed by atoms with E-state index >= 15 is 0 Å². The van der Waals surface area contributed by atoms with Gasteiger partial charge in [-0.3, -0.25) is 0 Å². The Bertz CT molecular complexity index is 1110. The van der Waals surface area contributed by atoms with Gasteiger partial charge in [-0.1, -0.05) is 31.4 Å². The Morgan fingerprint density at radius 1 is 1.06 bits per heavy atom. The molecule has 2 heterocycles. The Kier molecular flexibility index (Phi) is 6.65. The third kappa shape index (κ3) is 5.00. The normalized spacial score (nSPS) is 21.4. The Labute approximate surface area is 200 Å². The van der Waals surface area contributed by atoms with E-state index in [0.717, 1.165) is 48.9 Å². The molecule has 1 amide bonds. The Morgan fingerprint density at radius 2 is 1.79 bits per heavy atom. The predicted octanol–water partition coefficient (Wildman–Crippen LogP) is 5.79. The molecule has 0 bridgehead atoms. The highest BCUT2D eigenvalue weighted by molar-refractivity contribution is 5.75. The zero-order valence-corrected chi connectivity index (χ0v) is 19.9. The maximum absolute atomic E-state index is 11.2. The lowest BCUT2D eigenvalue weighted by Gasteiger charge is -2.33. The van der Waals surface area contributed by atoms with Gasteiger partial charge >= 0.3 is 6.09 Å². The number of fused-ring (bicyclic) bond motifs is 1. The summed E-state index contributed by atoms with van der Waals surface area (Å²) in [5, 5.41) is 18.1. The van der Waals surface area contributed by atoms with Crippen molar-refractivity contribution in [3.05, 3.63) is 42.2 Å². The lowest BCUT2D eigenvalue weighted by Crippen LogP contribution is -2.39. The van der Waals surface area contributed by atoms with Crippen molar-refractivity contribution < 1.29 is 9.90 Å². The molecule has 0 atom stereocenters. The van der Waals surface area contributed by atoms with E-state index in [-0.39, 0.29) is 6.04 Å². The van der Waals surface area contributed by atoms with E-state index in [1.54, 1.807) is 7.05 Å². The van der Waals surface area contributed by atoms with Crippen LogP contribution in [-0.2, 0) is 6.54 Å². The third-order valence-electron chi connectivity index (χ3n) is 7.72. The maximum Gasteiger partial charge on any atom is 0.407 e. The van der Waals surface area contributed by atoms with Gasteiger partial charge in [0, 0.05) is 31.5 Å². The molecular formula is C26H34N6O2. The molecule has 3 aromatic rings. The van der Waals surface area contributed by atoms with Gasteiger partial charge in [0.1, 0.15) is 0 Å². The van der Waals surface area contributed by atoms with Crippen LogP contribution in [-0.4, -0.2) is 48.9 Å². The molecular weight excluding hydrogens is 428 g/mol. The van der Waals surface area contributed by atoms with Crippen LogP contribution in [0.5, 0.6) is 0 Å². The molecule has 0 saturated heterocycles. The molecule has 5 rings (SSSR count). The third-order valence-corrected chi connectivity index (χ3v) is 7.72. The van der Waals surface area contributed by atoms with E-state index < -0.39 is 6.09 Å². The van der Waals surface area contributed by atoms with E-state index in [1.165, 1.54) is 42.6 Å². The quantitative estimate of drug-likeness (QED) is 0.482. The Hall–Kier alpha value is -3.16. The van der Waals surface area contributed by atoms with Crippen molar-refractivity contribution in [1.29, 1.82) is 0 Å². The second kappa shape index (κ2) is 9.99. The van der Waals surface area contributed by atoms with Gasteiger partial charge in [0.05, 0.1) is 11.6 Å². The number of nitrogens with zero attached hydrogens (tertiary/aromatic N) is 5. The Morgan fingerprint density at radius 3 is 2.50 bits per heavy atom. The van der Waals surface area contributed by atoms with Gasteiger partial charge in [-0.25, -0.2) is 14.5 Å². The van der Waals surface area contributed by atoms with Crippen molar-refractivity contribution in [2.24, 2.45) is 5.92 Å². The fourth-order valence-corrected chi connectivity index (χ4v) is 5.58. The molecule has 1 aromatic carbocycles.